The zero-order chi connectivity index (χ0) is 36.4. The van der Waals surface area contributed by atoms with Gasteiger partial charge >= 0.3 is 0 Å². The molecule has 0 saturated heterocycles. The first kappa shape index (κ1) is 43.1. The van der Waals surface area contributed by atoms with E-state index in [0.29, 0.717) is 51.4 Å². The van der Waals surface area contributed by atoms with Gasteiger partial charge in [0.1, 0.15) is 0 Å². The molecule has 0 bridgehead atoms. The lowest BCUT2D eigenvalue weighted by atomic mass is 9.91. The molecule has 0 aliphatic rings. The molecule has 15 nitrogen and oxygen atoms in total. The number of nitrogens with two attached hydrogens (primary N) is 7. The predicted molar refractivity (Wildman–Crippen MR) is 199 cm³/mol. The summed E-state index contributed by atoms with van der Waals surface area (Å²) in [6.07, 6.45) is 11.2. The maximum Gasteiger partial charge on any atom is 0.241 e. The highest BCUT2D eigenvalue weighted by Gasteiger charge is 2.16. The summed E-state index contributed by atoms with van der Waals surface area (Å²) in [4.78, 5) is 44.9. The standard InChI is InChI=1S/C34H64N12O3/c1-2-27(35)32(49)46-26-18-16-25(17-19-26)11-7-10-24(12-8-22-42-30(47)28(36)14-3-5-20-44-33(38)39)13-9-23-43-31(48)29(37)15-4-6-21-45-34(40)41/h16-19,24,27-29H,2-15,20-23,35-37H2,1H3,(H,42,47)(H,43,48)(H,46,49)(H4,38,39,44)(H4,40,41,45)/t27-,28+,29+/m0/s1. The van der Waals surface area contributed by atoms with Crippen LogP contribution in [0.25, 0.3) is 0 Å². The Kier molecular flexibility index (Phi) is 22.8. The van der Waals surface area contributed by atoms with Crippen LogP contribution in [0, 0.1) is 5.92 Å². The topological polar surface area (TPSA) is 294 Å². The van der Waals surface area contributed by atoms with Gasteiger partial charge in [0.2, 0.25) is 17.7 Å². The molecule has 3 atom stereocenters. The number of amides is 3. The second-order valence-corrected chi connectivity index (χ2v) is 12.6. The van der Waals surface area contributed by atoms with Gasteiger partial charge in [-0.2, -0.15) is 0 Å². The molecule has 0 aliphatic heterocycles. The number of carbonyl (C=O) groups is 3. The van der Waals surface area contributed by atoms with E-state index < -0.39 is 18.1 Å². The summed E-state index contributed by atoms with van der Waals surface area (Å²) in [5.41, 5.74) is 41.2. The molecule has 3 amide bonds. The van der Waals surface area contributed by atoms with Crippen molar-refractivity contribution < 1.29 is 14.4 Å². The summed E-state index contributed by atoms with van der Waals surface area (Å²) in [6, 6.07) is 6.22. The zero-order valence-corrected chi connectivity index (χ0v) is 29.5. The summed E-state index contributed by atoms with van der Waals surface area (Å²) >= 11 is 0. The molecule has 0 aliphatic carbocycles. The van der Waals surface area contributed by atoms with E-state index in [2.05, 4.69) is 25.9 Å². The summed E-state index contributed by atoms with van der Waals surface area (Å²) in [6.45, 7) is 4.03. The number of rotatable bonds is 27. The van der Waals surface area contributed by atoms with E-state index in [1.165, 1.54) is 5.56 Å². The molecule has 0 heterocycles. The van der Waals surface area contributed by atoms with Crippen molar-refractivity contribution in [2.45, 2.75) is 115 Å². The largest absolute Gasteiger partial charge is 0.370 e. The SMILES string of the molecule is CC[C@H](N)C(=O)Nc1ccc(CCCC(CCCNC(=O)[C@H](N)CCCCN=C(N)N)CCCNC(=O)[C@H](N)CCCCN=C(N)N)cc1. The van der Waals surface area contributed by atoms with Gasteiger partial charge in [0.05, 0.1) is 18.1 Å². The highest BCUT2D eigenvalue weighted by Crippen LogP contribution is 2.21. The number of carbonyl (C=O) groups excluding carboxylic acids is 3. The van der Waals surface area contributed by atoms with Crippen LogP contribution in [-0.2, 0) is 20.8 Å². The molecule has 1 aromatic rings. The van der Waals surface area contributed by atoms with E-state index >= 15 is 0 Å². The van der Waals surface area contributed by atoms with Crippen molar-refractivity contribution in [2.24, 2.45) is 56.0 Å². The van der Waals surface area contributed by atoms with Crippen molar-refractivity contribution in [3.05, 3.63) is 29.8 Å². The monoisotopic (exact) mass is 689 g/mol. The third-order valence-electron chi connectivity index (χ3n) is 8.36. The Hall–Kier alpha value is -3.95. The number of unbranched alkanes of at least 4 members (excludes halogenated alkanes) is 2. The lowest BCUT2D eigenvalue weighted by Crippen LogP contribution is -2.41. The quantitative estimate of drug-likeness (QED) is 0.0349. The maximum atomic E-state index is 12.5. The number of aryl methyl sites for hydroxylation is 1. The smallest absolute Gasteiger partial charge is 0.241 e. The average molecular weight is 689 g/mol. The van der Waals surface area contributed by atoms with Gasteiger partial charge in [-0.05, 0) is 107 Å². The van der Waals surface area contributed by atoms with Gasteiger partial charge in [0.15, 0.2) is 11.9 Å². The van der Waals surface area contributed by atoms with Crippen LogP contribution in [0.5, 0.6) is 0 Å². The molecule has 0 spiro atoms. The Morgan fingerprint density at radius 2 is 1.08 bits per heavy atom. The van der Waals surface area contributed by atoms with Crippen LogP contribution in [0.4, 0.5) is 5.69 Å². The van der Waals surface area contributed by atoms with E-state index in [1.54, 1.807) is 0 Å². The van der Waals surface area contributed by atoms with Gasteiger partial charge in [-0.15, -0.1) is 0 Å². The summed E-state index contributed by atoms with van der Waals surface area (Å²) < 4.78 is 0. The van der Waals surface area contributed by atoms with E-state index in [4.69, 9.17) is 40.1 Å². The Balaban J connectivity index is 2.54. The predicted octanol–water partition coefficient (Wildman–Crippen LogP) is 0.636. The fourth-order valence-electron chi connectivity index (χ4n) is 5.30. The van der Waals surface area contributed by atoms with Crippen LogP contribution in [0.15, 0.2) is 34.3 Å². The molecular formula is C34H64N12O3. The number of guanidine groups is 2. The van der Waals surface area contributed by atoms with Crippen molar-refractivity contribution in [1.82, 2.24) is 10.6 Å². The number of benzene rings is 1. The van der Waals surface area contributed by atoms with Gasteiger partial charge in [-0.1, -0.05) is 25.5 Å². The maximum absolute atomic E-state index is 12.5. The first-order valence-corrected chi connectivity index (χ1v) is 17.8. The molecule has 17 N–H and O–H groups in total. The van der Waals surface area contributed by atoms with Gasteiger partial charge in [0.25, 0.3) is 0 Å². The van der Waals surface area contributed by atoms with E-state index in [9.17, 15) is 14.4 Å². The van der Waals surface area contributed by atoms with Crippen LogP contribution in [0.1, 0.15) is 96.0 Å². The van der Waals surface area contributed by atoms with E-state index in [0.717, 1.165) is 76.3 Å². The van der Waals surface area contributed by atoms with Crippen LogP contribution in [0.2, 0.25) is 0 Å². The summed E-state index contributed by atoms with van der Waals surface area (Å²) in [7, 11) is 0. The number of nitrogens with one attached hydrogen (secondary N) is 3. The third kappa shape index (κ3) is 21.6. The van der Waals surface area contributed by atoms with Crippen molar-refractivity contribution in [3.63, 3.8) is 0 Å². The fraction of sp³-hybridized carbons (Fsp3) is 0.676. The molecule has 0 saturated carbocycles. The Morgan fingerprint density at radius 1 is 0.612 bits per heavy atom. The lowest BCUT2D eigenvalue weighted by Gasteiger charge is -2.19. The molecular weight excluding hydrogens is 624 g/mol. The van der Waals surface area contributed by atoms with E-state index in [1.807, 2.05) is 31.2 Å². The first-order valence-electron chi connectivity index (χ1n) is 17.8. The van der Waals surface area contributed by atoms with Gasteiger partial charge in [-0.25, -0.2) is 0 Å². The Labute approximate surface area is 292 Å². The van der Waals surface area contributed by atoms with Gasteiger partial charge in [-0.3, -0.25) is 24.4 Å². The van der Waals surface area contributed by atoms with Crippen LogP contribution in [-0.4, -0.2) is 73.9 Å². The molecule has 0 unspecified atom stereocenters. The summed E-state index contributed by atoms with van der Waals surface area (Å²) in [5.74, 6) is 0.0680. The molecule has 0 aromatic heterocycles. The van der Waals surface area contributed by atoms with Gasteiger partial charge in [0, 0.05) is 31.9 Å². The molecule has 1 rings (SSSR count). The number of aliphatic imine (C=N–C) groups is 2. The minimum Gasteiger partial charge on any atom is -0.370 e. The molecule has 49 heavy (non-hydrogen) atoms. The van der Waals surface area contributed by atoms with Gasteiger partial charge < -0.3 is 56.1 Å². The van der Waals surface area contributed by atoms with Crippen LogP contribution >= 0.6 is 0 Å². The zero-order valence-electron chi connectivity index (χ0n) is 29.5. The molecule has 0 radical (unpaired) electrons. The highest BCUT2D eigenvalue weighted by molar-refractivity contribution is 5.94. The summed E-state index contributed by atoms with van der Waals surface area (Å²) in [5, 5.41) is 8.80. The van der Waals surface area contributed by atoms with Crippen molar-refractivity contribution in [1.29, 1.82) is 0 Å². The fourth-order valence-corrected chi connectivity index (χ4v) is 5.30. The van der Waals surface area contributed by atoms with Crippen molar-refractivity contribution >= 4 is 35.3 Å². The number of hydrogen-bond acceptors (Lipinski definition) is 8. The molecule has 1 aromatic carbocycles. The lowest BCUT2D eigenvalue weighted by molar-refractivity contribution is -0.123. The van der Waals surface area contributed by atoms with Crippen molar-refractivity contribution in [2.75, 3.05) is 31.5 Å². The Morgan fingerprint density at radius 3 is 1.53 bits per heavy atom. The number of nitrogens with zero attached hydrogens (tertiary/aromatic N) is 2. The number of anilines is 1. The molecule has 278 valence electrons. The minimum absolute atomic E-state index is 0.0619. The Bertz CT molecular complexity index is 1090. The van der Waals surface area contributed by atoms with Crippen LogP contribution < -0.4 is 56.1 Å². The van der Waals surface area contributed by atoms with Crippen molar-refractivity contribution in [3.8, 4) is 0 Å². The highest BCUT2D eigenvalue weighted by atomic mass is 16.2. The van der Waals surface area contributed by atoms with Crippen LogP contribution in [0.3, 0.4) is 0 Å². The molecule has 0 fully saturated rings. The minimum atomic E-state index is -0.564. The van der Waals surface area contributed by atoms with E-state index in [-0.39, 0.29) is 29.6 Å². The second-order valence-electron chi connectivity index (χ2n) is 12.6. The third-order valence-corrected chi connectivity index (χ3v) is 8.36. The normalized spacial score (nSPS) is 12.8. The second kappa shape index (κ2) is 26.0. The average Bonchev–Trinajstić information content (AvgIpc) is 3.07. The first-order chi connectivity index (χ1) is 23.4. The number of hydrogen-bond donors (Lipinski definition) is 10. The molecule has 15 heteroatoms.